The SMILES string of the molecule is CC(C)(C)C(NC(=O)c1cn(-c2ncc(F)cc2F)c2nc(Cl)ccc2c1=O)C(F)(F)F. The molecule has 0 saturated carbocycles. The summed E-state index contributed by atoms with van der Waals surface area (Å²) in [7, 11) is 0. The number of rotatable bonds is 3. The van der Waals surface area contributed by atoms with Crippen LogP contribution >= 0.6 is 11.6 Å². The maximum Gasteiger partial charge on any atom is 0.409 e. The summed E-state index contributed by atoms with van der Waals surface area (Å²) in [6.07, 6.45) is -3.32. The highest BCUT2D eigenvalue weighted by atomic mass is 35.5. The van der Waals surface area contributed by atoms with Crippen molar-refractivity contribution in [2.24, 2.45) is 5.41 Å². The third-order valence-electron chi connectivity index (χ3n) is 4.55. The Hall–Kier alpha value is -3.08. The lowest BCUT2D eigenvalue weighted by Crippen LogP contribution is -2.53. The van der Waals surface area contributed by atoms with Crippen LogP contribution in [0.3, 0.4) is 0 Å². The molecule has 32 heavy (non-hydrogen) atoms. The van der Waals surface area contributed by atoms with Crippen LogP contribution in [0.4, 0.5) is 22.0 Å². The second-order valence-electron chi connectivity index (χ2n) is 8.02. The molecule has 3 rings (SSSR count). The molecule has 0 spiro atoms. The van der Waals surface area contributed by atoms with E-state index in [0.29, 0.717) is 12.3 Å². The van der Waals surface area contributed by atoms with E-state index in [-0.39, 0.29) is 16.2 Å². The molecular weight excluding hydrogens is 459 g/mol. The van der Waals surface area contributed by atoms with Crippen molar-refractivity contribution in [3.05, 3.63) is 63.2 Å². The van der Waals surface area contributed by atoms with Crippen molar-refractivity contribution in [3.8, 4) is 5.82 Å². The van der Waals surface area contributed by atoms with Crippen molar-refractivity contribution in [1.29, 1.82) is 0 Å². The highest BCUT2D eigenvalue weighted by molar-refractivity contribution is 6.29. The molecule has 0 saturated heterocycles. The molecule has 0 aliphatic rings. The molecule has 170 valence electrons. The number of pyridine rings is 3. The normalized spacial score (nSPS) is 13.3. The quantitative estimate of drug-likeness (QED) is 0.450. The Kier molecular flexibility index (Phi) is 5.98. The Balaban J connectivity index is 2.25. The summed E-state index contributed by atoms with van der Waals surface area (Å²) in [6.45, 7) is 3.82. The number of carbonyl (C=O) groups excluding carboxylic acids is 1. The third-order valence-corrected chi connectivity index (χ3v) is 4.76. The van der Waals surface area contributed by atoms with Crippen LogP contribution in [-0.2, 0) is 0 Å². The Morgan fingerprint density at radius 3 is 2.41 bits per heavy atom. The highest BCUT2D eigenvalue weighted by Gasteiger charge is 2.48. The van der Waals surface area contributed by atoms with Gasteiger partial charge < -0.3 is 5.32 Å². The first kappa shape index (κ1) is 23.6. The van der Waals surface area contributed by atoms with Crippen LogP contribution in [0.15, 0.2) is 35.4 Å². The van der Waals surface area contributed by atoms with Crippen molar-refractivity contribution < 1.29 is 26.7 Å². The molecule has 0 radical (unpaired) electrons. The number of hydrogen-bond donors (Lipinski definition) is 1. The zero-order valence-corrected chi connectivity index (χ0v) is 17.6. The molecule has 1 amide bonds. The summed E-state index contributed by atoms with van der Waals surface area (Å²) in [4.78, 5) is 33.2. The molecule has 0 fully saturated rings. The van der Waals surface area contributed by atoms with Gasteiger partial charge in [0.05, 0.1) is 11.6 Å². The fourth-order valence-corrected chi connectivity index (χ4v) is 3.23. The third kappa shape index (κ3) is 4.57. The van der Waals surface area contributed by atoms with Crippen LogP contribution in [-0.4, -0.2) is 32.7 Å². The van der Waals surface area contributed by atoms with E-state index < -0.39 is 52.0 Å². The second kappa shape index (κ2) is 8.12. The minimum Gasteiger partial charge on any atom is -0.340 e. The van der Waals surface area contributed by atoms with Crippen LogP contribution in [0.1, 0.15) is 31.1 Å². The molecule has 3 heterocycles. The summed E-state index contributed by atoms with van der Waals surface area (Å²) >= 11 is 5.86. The molecule has 0 aliphatic heterocycles. The molecule has 1 atom stereocenters. The molecule has 0 bridgehead atoms. The summed E-state index contributed by atoms with van der Waals surface area (Å²) in [6, 6.07) is 0.636. The number of hydrogen-bond acceptors (Lipinski definition) is 4. The van der Waals surface area contributed by atoms with Gasteiger partial charge in [0.2, 0.25) is 5.43 Å². The van der Waals surface area contributed by atoms with Gasteiger partial charge in [-0.05, 0) is 17.5 Å². The van der Waals surface area contributed by atoms with E-state index in [9.17, 15) is 31.5 Å². The van der Waals surface area contributed by atoms with Gasteiger partial charge in [-0.25, -0.2) is 18.7 Å². The zero-order valence-electron chi connectivity index (χ0n) is 16.9. The van der Waals surface area contributed by atoms with Gasteiger partial charge in [0, 0.05) is 12.3 Å². The first-order chi connectivity index (χ1) is 14.7. The van der Waals surface area contributed by atoms with Crippen LogP contribution in [0.2, 0.25) is 5.15 Å². The molecule has 1 N–H and O–H groups in total. The molecule has 1 unspecified atom stereocenters. The topological polar surface area (TPSA) is 76.9 Å². The lowest BCUT2D eigenvalue weighted by molar-refractivity contribution is -0.174. The Bertz CT molecular complexity index is 1250. The van der Waals surface area contributed by atoms with Crippen LogP contribution in [0.5, 0.6) is 0 Å². The monoisotopic (exact) mass is 474 g/mol. The van der Waals surface area contributed by atoms with E-state index in [1.807, 2.05) is 5.32 Å². The lowest BCUT2D eigenvalue weighted by Gasteiger charge is -2.33. The van der Waals surface area contributed by atoms with Crippen LogP contribution in [0.25, 0.3) is 16.9 Å². The molecule has 12 heteroatoms. The van der Waals surface area contributed by atoms with Gasteiger partial charge in [-0.2, -0.15) is 13.2 Å². The van der Waals surface area contributed by atoms with Gasteiger partial charge in [0.15, 0.2) is 17.3 Å². The standard InChI is InChI=1S/C20H16ClF5N4O2/c1-19(2,3)18(20(24,25)26)29-17(32)11-8-30(16-12(23)6-9(22)7-27-16)15-10(14(11)31)4-5-13(21)28-15/h4-8,18H,1-3H3,(H,29,32). The van der Waals surface area contributed by atoms with Gasteiger partial charge in [-0.1, -0.05) is 32.4 Å². The Morgan fingerprint density at radius 1 is 1.19 bits per heavy atom. The smallest absolute Gasteiger partial charge is 0.340 e. The maximum atomic E-state index is 14.4. The van der Waals surface area contributed by atoms with Crippen molar-refractivity contribution in [3.63, 3.8) is 0 Å². The molecule has 3 aromatic heterocycles. The van der Waals surface area contributed by atoms with Gasteiger partial charge in [0.1, 0.15) is 22.6 Å². The summed E-state index contributed by atoms with van der Waals surface area (Å²) in [5.41, 5.74) is -3.31. The fraction of sp³-hybridized carbons (Fsp3) is 0.300. The Morgan fingerprint density at radius 2 is 1.84 bits per heavy atom. The molecule has 6 nitrogen and oxygen atoms in total. The van der Waals surface area contributed by atoms with Gasteiger partial charge in [-0.15, -0.1) is 0 Å². The van der Waals surface area contributed by atoms with Crippen molar-refractivity contribution in [1.82, 2.24) is 19.9 Å². The average molecular weight is 475 g/mol. The first-order valence-electron chi connectivity index (χ1n) is 9.11. The minimum atomic E-state index is -4.80. The van der Waals surface area contributed by atoms with E-state index in [4.69, 9.17) is 11.6 Å². The minimum absolute atomic E-state index is 0.0877. The van der Waals surface area contributed by atoms with Crippen LogP contribution in [0, 0.1) is 17.0 Å². The molecule has 0 aliphatic carbocycles. The number of fused-ring (bicyclic) bond motifs is 1. The van der Waals surface area contributed by atoms with E-state index in [0.717, 1.165) is 10.8 Å². The van der Waals surface area contributed by atoms with Gasteiger partial charge in [0.25, 0.3) is 5.91 Å². The molecular formula is C20H16ClF5N4O2. The number of nitrogens with zero attached hydrogens (tertiary/aromatic N) is 3. The predicted octanol–water partition coefficient (Wildman–Crippen LogP) is 4.42. The van der Waals surface area contributed by atoms with E-state index in [2.05, 4.69) is 9.97 Å². The van der Waals surface area contributed by atoms with Crippen molar-refractivity contribution in [2.45, 2.75) is 33.0 Å². The molecule has 0 aromatic carbocycles. The maximum absolute atomic E-state index is 14.4. The highest BCUT2D eigenvalue weighted by Crippen LogP contribution is 2.33. The van der Waals surface area contributed by atoms with E-state index >= 15 is 0 Å². The summed E-state index contributed by atoms with van der Waals surface area (Å²) in [5, 5.41) is 1.52. The predicted molar refractivity (Wildman–Crippen MR) is 107 cm³/mol. The van der Waals surface area contributed by atoms with E-state index in [1.165, 1.54) is 32.9 Å². The first-order valence-corrected chi connectivity index (χ1v) is 9.49. The Labute approximate surface area is 183 Å². The van der Waals surface area contributed by atoms with Crippen molar-refractivity contribution in [2.75, 3.05) is 0 Å². The number of amides is 1. The zero-order chi connectivity index (χ0) is 24.0. The van der Waals surface area contributed by atoms with Gasteiger partial charge >= 0.3 is 6.18 Å². The number of carbonyl (C=O) groups is 1. The number of nitrogens with one attached hydrogen (secondary N) is 1. The van der Waals surface area contributed by atoms with Crippen LogP contribution < -0.4 is 10.7 Å². The fourth-order valence-electron chi connectivity index (χ4n) is 3.09. The average Bonchev–Trinajstić information content (AvgIpc) is 2.65. The number of aromatic nitrogens is 3. The number of halogens is 6. The summed E-state index contributed by atoms with van der Waals surface area (Å²) in [5.74, 6) is -4.02. The largest absolute Gasteiger partial charge is 0.409 e. The van der Waals surface area contributed by atoms with E-state index in [1.54, 1.807) is 0 Å². The summed E-state index contributed by atoms with van der Waals surface area (Å²) < 4.78 is 69.1. The lowest BCUT2D eigenvalue weighted by atomic mass is 9.86. The number of alkyl halides is 3. The van der Waals surface area contributed by atoms with Crippen molar-refractivity contribution >= 4 is 28.5 Å². The second-order valence-corrected chi connectivity index (χ2v) is 8.41. The molecule has 3 aromatic rings. The van der Waals surface area contributed by atoms with Gasteiger partial charge in [-0.3, -0.25) is 14.2 Å².